The Hall–Kier alpha value is -4.64. The fourth-order valence-corrected chi connectivity index (χ4v) is 4.94. The monoisotopic (exact) mass is 488 g/mol. The predicted octanol–water partition coefficient (Wildman–Crippen LogP) is 4.23. The zero-order chi connectivity index (χ0) is 24.7. The second-order valence-corrected chi connectivity index (χ2v) is 8.58. The number of carbonyl (C=O) groups is 2. The summed E-state index contributed by atoms with van der Waals surface area (Å²) in [6.07, 6.45) is 1.44. The number of hydrogen-bond acceptors (Lipinski definition) is 9. The number of nitro benzene ring substituents is 1. The van der Waals surface area contributed by atoms with Gasteiger partial charge >= 0.3 is 5.91 Å². The van der Waals surface area contributed by atoms with Crippen molar-refractivity contribution in [2.24, 2.45) is 0 Å². The Morgan fingerprint density at radius 1 is 1.14 bits per heavy atom. The van der Waals surface area contributed by atoms with Crippen LogP contribution in [0.5, 0.6) is 5.75 Å². The molecule has 0 saturated carbocycles. The van der Waals surface area contributed by atoms with Gasteiger partial charge in [-0.3, -0.25) is 29.6 Å². The van der Waals surface area contributed by atoms with Crippen LogP contribution < -0.4 is 9.64 Å². The second kappa shape index (κ2) is 8.61. The largest absolute Gasteiger partial charge is 0.505 e. The first-order chi connectivity index (χ1) is 16.9. The molecule has 0 aliphatic carbocycles. The van der Waals surface area contributed by atoms with Crippen molar-refractivity contribution in [3.8, 4) is 5.75 Å². The van der Waals surface area contributed by atoms with Crippen LogP contribution in [0.2, 0.25) is 0 Å². The number of hydrogen-bond donors (Lipinski definition) is 1. The molecule has 1 saturated heterocycles. The van der Waals surface area contributed by atoms with E-state index in [1.807, 2.05) is 0 Å². The van der Waals surface area contributed by atoms with E-state index in [-0.39, 0.29) is 27.6 Å². The molecule has 3 heterocycles. The van der Waals surface area contributed by atoms with E-state index in [0.29, 0.717) is 16.0 Å². The molecule has 2 aromatic heterocycles. The lowest BCUT2D eigenvalue weighted by molar-refractivity contribution is -0.384. The number of carbonyl (C=O) groups excluding carboxylic acids is 2. The third kappa shape index (κ3) is 3.77. The number of ether oxygens (including phenoxy) is 1. The van der Waals surface area contributed by atoms with Gasteiger partial charge < -0.3 is 9.84 Å². The number of non-ortho nitro benzene ring substituents is 1. The molecule has 1 aliphatic rings. The molecule has 0 radical (unpaired) electrons. The molecule has 1 amide bonds. The smallest absolute Gasteiger partial charge is 0.301 e. The van der Waals surface area contributed by atoms with E-state index in [1.165, 1.54) is 37.6 Å². The highest BCUT2D eigenvalue weighted by atomic mass is 32.1. The van der Waals surface area contributed by atoms with Crippen LogP contribution in [-0.4, -0.2) is 38.8 Å². The number of thiazole rings is 1. The fourth-order valence-electron chi connectivity index (χ4n) is 3.92. The number of aromatic nitrogens is 2. The van der Waals surface area contributed by atoms with Crippen LogP contribution in [0.1, 0.15) is 17.3 Å². The number of nitrogens with zero attached hydrogens (tertiary/aromatic N) is 4. The van der Waals surface area contributed by atoms with Crippen molar-refractivity contribution in [1.29, 1.82) is 0 Å². The summed E-state index contributed by atoms with van der Waals surface area (Å²) in [5.74, 6) is -1.74. The molecule has 35 heavy (non-hydrogen) atoms. The minimum Gasteiger partial charge on any atom is -0.505 e. The maximum Gasteiger partial charge on any atom is 0.301 e. The Morgan fingerprint density at radius 2 is 1.97 bits per heavy atom. The number of Topliss-reactive ketones (excluding diaryl/α,β-unsaturated/α-hetero) is 1. The molecule has 1 fully saturated rings. The lowest BCUT2D eigenvalue weighted by atomic mass is 9.96. The highest BCUT2D eigenvalue weighted by Gasteiger charge is 2.48. The van der Waals surface area contributed by atoms with Crippen molar-refractivity contribution < 1.29 is 24.4 Å². The molecule has 174 valence electrons. The third-order valence-electron chi connectivity index (χ3n) is 5.54. The fraction of sp³-hybridized carbons (Fsp3) is 0.0833. The highest BCUT2D eigenvalue weighted by Crippen LogP contribution is 2.44. The highest BCUT2D eigenvalue weighted by molar-refractivity contribution is 7.22. The molecular weight excluding hydrogens is 472 g/mol. The van der Waals surface area contributed by atoms with Crippen LogP contribution in [0.4, 0.5) is 10.8 Å². The Bertz CT molecular complexity index is 1530. The van der Waals surface area contributed by atoms with Gasteiger partial charge in [0.25, 0.3) is 11.5 Å². The van der Waals surface area contributed by atoms with Gasteiger partial charge in [-0.15, -0.1) is 0 Å². The number of pyridine rings is 1. The van der Waals surface area contributed by atoms with Crippen LogP contribution in [0.3, 0.4) is 0 Å². The molecule has 1 unspecified atom stereocenters. The summed E-state index contributed by atoms with van der Waals surface area (Å²) >= 11 is 1.16. The number of fused-ring (bicyclic) bond motifs is 1. The molecule has 1 N–H and O–H groups in total. The molecule has 1 atom stereocenters. The van der Waals surface area contributed by atoms with Gasteiger partial charge in [0.1, 0.15) is 11.4 Å². The summed E-state index contributed by atoms with van der Waals surface area (Å²) in [4.78, 5) is 47.1. The van der Waals surface area contributed by atoms with Crippen molar-refractivity contribution in [2.75, 3.05) is 12.0 Å². The Kier molecular flexibility index (Phi) is 5.46. The lowest BCUT2D eigenvalue weighted by Gasteiger charge is -2.22. The van der Waals surface area contributed by atoms with Gasteiger partial charge in [-0.2, -0.15) is 0 Å². The maximum absolute atomic E-state index is 13.3. The Morgan fingerprint density at radius 3 is 2.69 bits per heavy atom. The van der Waals surface area contributed by atoms with Gasteiger partial charge in [0.05, 0.1) is 33.9 Å². The number of nitro groups is 1. The van der Waals surface area contributed by atoms with E-state index < -0.39 is 28.4 Å². The average molecular weight is 488 g/mol. The number of amides is 1. The van der Waals surface area contributed by atoms with Crippen molar-refractivity contribution in [3.63, 3.8) is 0 Å². The summed E-state index contributed by atoms with van der Waals surface area (Å²) in [6.45, 7) is 0. The Balaban J connectivity index is 1.74. The van der Waals surface area contributed by atoms with E-state index in [2.05, 4.69) is 9.97 Å². The first-order valence-electron chi connectivity index (χ1n) is 10.3. The van der Waals surface area contributed by atoms with E-state index in [9.17, 15) is 24.8 Å². The summed E-state index contributed by atoms with van der Waals surface area (Å²) in [7, 11) is 1.53. The van der Waals surface area contributed by atoms with E-state index in [1.54, 1.807) is 36.4 Å². The summed E-state index contributed by atoms with van der Waals surface area (Å²) in [5.41, 5.74) is 0.490. The third-order valence-corrected chi connectivity index (χ3v) is 6.56. The van der Waals surface area contributed by atoms with E-state index in [0.717, 1.165) is 16.2 Å². The van der Waals surface area contributed by atoms with Gasteiger partial charge in [-0.05, 0) is 35.9 Å². The summed E-state index contributed by atoms with van der Waals surface area (Å²) < 4.78 is 5.96. The number of methoxy groups -OCH3 is 1. The summed E-state index contributed by atoms with van der Waals surface area (Å²) in [5, 5.41) is 22.7. The maximum atomic E-state index is 13.3. The molecular formula is C24H16N4O6S. The minimum absolute atomic E-state index is 0.0926. The standard InChI is InChI=1S/C24H16N4O6S/c1-34-15-8-9-16-18(12-15)35-24(26-16)27-20(13-5-4-6-14(11-13)28(32)33)19(22(30)23(27)31)21(29)17-7-2-3-10-25-17/h2-12,20,29H,1H3/b21-19+. The normalized spacial score (nSPS) is 17.2. The zero-order valence-corrected chi connectivity index (χ0v) is 18.9. The van der Waals surface area contributed by atoms with Crippen molar-refractivity contribution in [2.45, 2.75) is 6.04 Å². The first kappa shape index (κ1) is 22.2. The minimum atomic E-state index is -1.15. The first-order valence-corrected chi connectivity index (χ1v) is 11.1. The zero-order valence-electron chi connectivity index (χ0n) is 18.1. The SMILES string of the molecule is COc1ccc2nc(N3C(=O)C(=O)/C(=C(/O)c4ccccn4)C3c3cccc([N+](=O)[O-])c3)sc2c1. The number of benzene rings is 2. The predicted molar refractivity (Wildman–Crippen MR) is 128 cm³/mol. The van der Waals surface area contributed by atoms with Gasteiger partial charge in [0.2, 0.25) is 0 Å². The van der Waals surface area contributed by atoms with E-state index >= 15 is 0 Å². The topological polar surface area (TPSA) is 136 Å². The van der Waals surface area contributed by atoms with Gasteiger partial charge in [0, 0.05) is 18.3 Å². The number of aliphatic hydroxyl groups excluding tert-OH is 1. The second-order valence-electron chi connectivity index (χ2n) is 7.57. The van der Waals surface area contributed by atoms with Gasteiger partial charge in [0.15, 0.2) is 10.9 Å². The number of anilines is 1. The van der Waals surface area contributed by atoms with Crippen LogP contribution >= 0.6 is 11.3 Å². The molecule has 0 bridgehead atoms. The molecule has 10 nitrogen and oxygen atoms in total. The van der Waals surface area contributed by atoms with Crippen LogP contribution in [0.25, 0.3) is 16.0 Å². The average Bonchev–Trinajstić information content (AvgIpc) is 3.41. The van der Waals surface area contributed by atoms with Crippen LogP contribution in [-0.2, 0) is 9.59 Å². The number of rotatable bonds is 5. The molecule has 0 spiro atoms. The van der Waals surface area contributed by atoms with Crippen molar-refractivity contribution in [3.05, 3.63) is 93.8 Å². The molecule has 5 rings (SSSR count). The molecule has 4 aromatic rings. The molecule has 2 aromatic carbocycles. The van der Waals surface area contributed by atoms with E-state index in [4.69, 9.17) is 4.74 Å². The Labute approximate surface area is 201 Å². The van der Waals surface area contributed by atoms with Gasteiger partial charge in [-0.1, -0.05) is 29.5 Å². The number of aliphatic hydroxyl groups is 1. The van der Waals surface area contributed by atoms with Crippen molar-refractivity contribution >= 4 is 49.8 Å². The molecule has 11 heteroatoms. The molecule has 1 aliphatic heterocycles. The van der Waals surface area contributed by atoms with Gasteiger partial charge in [-0.25, -0.2) is 4.98 Å². The van der Waals surface area contributed by atoms with Crippen LogP contribution in [0, 0.1) is 10.1 Å². The summed E-state index contributed by atoms with van der Waals surface area (Å²) in [6, 6.07) is 14.4. The number of ketones is 1. The van der Waals surface area contributed by atoms with Crippen LogP contribution in [0.15, 0.2) is 72.4 Å². The van der Waals surface area contributed by atoms with Crippen molar-refractivity contribution in [1.82, 2.24) is 9.97 Å². The quantitative estimate of drug-likeness (QED) is 0.145. The lowest BCUT2D eigenvalue weighted by Crippen LogP contribution is -2.29.